The minimum atomic E-state index is -2.81. The summed E-state index contributed by atoms with van der Waals surface area (Å²) >= 11 is 5.86. The minimum Gasteiger partial charge on any atom is -0.323 e. The van der Waals surface area contributed by atoms with Crippen LogP contribution in [0.3, 0.4) is 0 Å². The molecule has 0 saturated heterocycles. The topological polar surface area (TPSA) is 50.9 Å². The second kappa shape index (κ2) is 4.38. The maximum atomic E-state index is 13.5. The van der Waals surface area contributed by atoms with Gasteiger partial charge in [0.05, 0.1) is 10.7 Å². The molecule has 3 N–H and O–H groups in total. The largest absolute Gasteiger partial charge is 0.323 e. The second-order valence-corrected chi connectivity index (χ2v) is 3.70. The van der Waals surface area contributed by atoms with Gasteiger partial charge < -0.3 is 5.43 Å². The van der Waals surface area contributed by atoms with Gasteiger partial charge in [0.15, 0.2) is 0 Å². The summed E-state index contributed by atoms with van der Waals surface area (Å²) in [6, 6.07) is 3.41. The average molecular weight is 262 g/mol. The molecule has 0 saturated carbocycles. The van der Waals surface area contributed by atoms with Crippen molar-refractivity contribution in [2.24, 2.45) is 5.84 Å². The highest BCUT2D eigenvalue weighted by molar-refractivity contribution is 6.36. The molecule has 0 atom stereocenters. The molecule has 3 nitrogen and oxygen atoms in total. The first-order chi connectivity index (χ1) is 8.04. The van der Waals surface area contributed by atoms with Crippen molar-refractivity contribution in [2.75, 3.05) is 5.43 Å². The highest BCUT2D eigenvalue weighted by atomic mass is 35.5. The van der Waals surface area contributed by atoms with Crippen LogP contribution in [-0.2, 0) is 0 Å². The molecule has 0 aliphatic rings. The number of rotatable bonds is 2. The van der Waals surface area contributed by atoms with Crippen LogP contribution >= 0.6 is 11.6 Å². The molecule has 0 radical (unpaired) electrons. The van der Waals surface area contributed by atoms with Crippen LogP contribution in [0.2, 0.25) is 5.02 Å². The number of nitrogens with two attached hydrogens (primary N) is 1. The summed E-state index contributed by atoms with van der Waals surface area (Å²) in [6.07, 6.45) is -2.81. The van der Waals surface area contributed by atoms with Crippen molar-refractivity contribution >= 4 is 28.2 Å². The normalized spacial score (nSPS) is 11.2. The number of fused-ring (bicyclic) bond motifs is 1. The van der Waals surface area contributed by atoms with Crippen LogP contribution in [0.5, 0.6) is 0 Å². The van der Waals surface area contributed by atoms with Crippen molar-refractivity contribution in [3.63, 3.8) is 0 Å². The number of nitrogen functional groups attached to an aromatic ring is 1. The van der Waals surface area contributed by atoms with E-state index in [-0.39, 0.29) is 21.6 Å². The van der Waals surface area contributed by atoms with E-state index in [1.54, 1.807) is 0 Å². The quantitative estimate of drug-likeness (QED) is 0.644. The number of nitrogens with zero attached hydrogens (tertiary/aromatic N) is 1. The van der Waals surface area contributed by atoms with Gasteiger partial charge >= 0.3 is 0 Å². The van der Waals surface area contributed by atoms with E-state index in [1.807, 2.05) is 0 Å². The zero-order chi connectivity index (χ0) is 12.6. The summed E-state index contributed by atoms with van der Waals surface area (Å²) in [6.45, 7) is 0. The zero-order valence-corrected chi connectivity index (χ0v) is 9.10. The van der Waals surface area contributed by atoms with Crippen LogP contribution in [0.1, 0.15) is 12.1 Å². The molecule has 90 valence electrons. The van der Waals surface area contributed by atoms with Crippen molar-refractivity contribution in [3.8, 4) is 0 Å². The smallest absolute Gasteiger partial charge is 0.280 e. The molecule has 0 unspecified atom stereocenters. The fraction of sp³-hybridized carbons (Fsp3) is 0.100. The van der Waals surface area contributed by atoms with Gasteiger partial charge in [-0.15, -0.1) is 0 Å². The number of aromatic nitrogens is 1. The van der Waals surface area contributed by atoms with Crippen LogP contribution in [0, 0.1) is 5.82 Å². The van der Waals surface area contributed by atoms with Gasteiger partial charge in [-0.1, -0.05) is 11.6 Å². The molecule has 1 aromatic heterocycles. The monoisotopic (exact) mass is 261 g/mol. The van der Waals surface area contributed by atoms with Gasteiger partial charge in [0.25, 0.3) is 6.43 Å². The van der Waals surface area contributed by atoms with E-state index in [0.29, 0.717) is 0 Å². The predicted octanol–water partition coefficient (Wildman–Crippen LogP) is 3.25. The maximum Gasteiger partial charge on any atom is 0.280 e. The molecule has 0 aliphatic carbocycles. The minimum absolute atomic E-state index is 0.106. The Balaban J connectivity index is 2.87. The Morgan fingerprint density at radius 3 is 2.65 bits per heavy atom. The standard InChI is InChI=1S/C10H7ClF3N3/c11-4-1-2-5(12)9-8(4)6(17-15)3-7(16-9)10(13)14/h1-3,10H,15H2,(H,16,17). The molecular weight excluding hydrogens is 255 g/mol. The van der Waals surface area contributed by atoms with E-state index in [2.05, 4.69) is 10.4 Å². The molecule has 0 aliphatic heterocycles. The molecule has 0 amide bonds. The summed E-state index contributed by atoms with van der Waals surface area (Å²) in [7, 11) is 0. The molecule has 0 fully saturated rings. The van der Waals surface area contributed by atoms with Gasteiger partial charge in [-0.3, -0.25) is 5.84 Å². The number of pyridine rings is 1. The maximum absolute atomic E-state index is 13.5. The number of benzene rings is 1. The zero-order valence-electron chi connectivity index (χ0n) is 8.35. The molecule has 1 aromatic carbocycles. The van der Waals surface area contributed by atoms with Crippen molar-refractivity contribution < 1.29 is 13.2 Å². The van der Waals surface area contributed by atoms with Crippen molar-refractivity contribution in [2.45, 2.75) is 6.43 Å². The number of alkyl halides is 2. The highest BCUT2D eigenvalue weighted by Gasteiger charge is 2.16. The van der Waals surface area contributed by atoms with E-state index in [0.717, 1.165) is 12.1 Å². The lowest BCUT2D eigenvalue weighted by Gasteiger charge is -2.10. The van der Waals surface area contributed by atoms with Crippen LogP contribution in [0.15, 0.2) is 18.2 Å². The first-order valence-corrected chi connectivity index (χ1v) is 4.95. The van der Waals surface area contributed by atoms with Crippen molar-refractivity contribution in [1.82, 2.24) is 4.98 Å². The Hall–Kier alpha value is -1.53. The van der Waals surface area contributed by atoms with Gasteiger partial charge in [-0.05, 0) is 18.2 Å². The van der Waals surface area contributed by atoms with E-state index < -0.39 is 17.9 Å². The number of anilines is 1. The molecule has 7 heteroatoms. The molecule has 2 aromatic rings. The fourth-order valence-corrected chi connectivity index (χ4v) is 1.77. The van der Waals surface area contributed by atoms with Crippen molar-refractivity contribution in [3.05, 3.63) is 34.7 Å². The lowest BCUT2D eigenvalue weighted by Crippen LogP contribution is -2.09. The summed E-state index contributed by atoms with van der Waals surface area (Å²) in [5.74, 6) is 4.47. The van der Waals surface area contributed by atoms with E-state index in [1.165, 1.54) is 6.07 Å². The summed E-state index contributed by atoms with van der Waals surface area (Å²) in [5, 5.41) is 0.362. The van der Waals surface area contributed by atoms with Crippen LogP contribution in [0.25, 0.3) is 10.9 Å². The first kappa shape index (κ1) is 11.9. The molecule has 1 heterocycles. The Morgan fingerprint density at radius 1 is 1.35 bits per heavy atom. The molecule has 17 heavy (non-hydrogen) atoms. The van der Waals surface area contributed by atoms with Crippen molar-refractivity contribution in [1.29, 1.82) is 0 Å². The number of hydrogen-bond donors (Lipinski definition) is 2. The third-order valence-electron chi connectivity index (χ3n) is 2.26. The average Bonchev–Trinajstić information content (AvgIpc) is 2.32. The number of nitrogens with one attached hydrogen (secondary N) is 1. The third kappa shape index (κ3) is 2.01. The second-order valence-electron chi connectivity index (χ2n) is 3.29. The SMILES string of the molecule is NNc1cc(C(F)F)nc2c(F)ccc(Cl)c12. The predicted molar refractivity (Wildman–Crippen MR) is 59.5 cm³/mol. The molecule has 2 rings (SSSR count). The Kier molecular flexibility index (Phi) is 3.08. The molecule has 0 bridgehead atoms. The molecule has 0 spiro atoms. The summed E-state index contributed by atoms with van der Waals surface area (Å²) in [4.78, 5) is 3.54. The first-order valence-electron chi connectivity index (χ1n) is 4.58. The lowest BCUT2D eigenvalue weighted by atomic mass is 10.1. The Morgan fingerprint density at radius 2 is 2.06 bits per heavy atom. The van der Waals surface area contributed by atoms with E-state index in [4.69, 9.17) is 17.4 Å². The van der Waals surface area contributed by atoms with Gasteiger partial charge in [0, 0.05) is 5.39 Å². The molecular formula is C10H7ClF3N3. The van der Waals surface area contributed by atoms with E-state index in [9.17, 15) is 13.2 Å². The lowest BCUT2D eigenvalue weighted by molar-refractivity contribution is 0.146. The van der Waals surface area contributed by atoms with Gasteiger partial charge in [-0.25, -0.2) is 18.2 Å². The van der Waals surface area contributed by atoms with Crippen LogP contribution in [-0.4, -0.2) is 4.98 Å². The van der Waals surface area contributed by atoms with Gasteiger partial charge in [0.1, 0.15) is 17.0 Å². The number of hydrogen-bond acceptors (Lipinski definition) is 3. The summed E-state index contributed by atoms with van der Waals surface area (Å²) in [5.41, 5.74) is 1.52. The van der Waals surface area contributed by atoms with Crippen LogP contribution in [0.4, 0.5) is 18.9 Å². The summed E-state index contributed by atoms with van der Waals surface area (Å²) < 4.78 is 38.6. The Bertz CT molecular complexity index is 574. The number of hydrazine groups is 1. The van der Waals surface area contributed by atoms with Crippen LogP contribution < -0.4 is 11.3 Å². The highest BCUT2D eigenvalue weighted by Crippen LogP contribution is 2.33. The fourth-order valence-electron chi connectivity index (χ4n) is 1.51. The number of halogens is 4. The Labute approximate surface area is 99.4 Å². The van der Waals surface area contributed by atoms with E-state index >= 15 is 0 Å². The van der Waals surface area contributed by atoms with Gasteiger partial charge in [0.2, 0.25) is 0 Å². The third-order valence-corrected chi connectivity index (χ3v) is 2.57. The van der Waals surface area contributed by atoms with Gasteiger partial charge in [-0.2, -0.15) is 0 Å².